The van der Waals surface area contributed by atoms with Crippen LogP contribution in [0.15, 0.2) is 60.7 Å². The van der Waals surface area contributed by atoms with Crippen LogP contribution in [-0.2, 0) is 4.79 Å². The standard InChI is InChI=1S/C24H20F2O5/c1-29-23-10-14(5-8-22(23)30-13-15-9-20(15)24(27)28)19-12-18(6-7-21(19)26)31-17-4-2-3-16(25)11-17/h2-8,10-12,15,20H,9,13H2,1H3,(H,27,28). The fourth-order valence-electron chi connectivity index (χ4n) is 3.34. The second kappa shape index (κ2) is 8.63. The molecule has 0 radical (unpaired) electrons. The van der Waals surface area contributed by atoms with Crippen LogP contribution in [-0.4, -0.2) is 24.8 Å². The number of ether oxygens (including phenoxy) is 3. The van der Waals surface area contributed by atoms with Gasteiger partial charge in [-0.1, -0.05) is 12.1 Å². The molecule has 0 aliphatic heterocycles. The van der Waals surface area contributed by atoms with Crippen molar-refractivity contribution >= 4 is 5.97 Å². The minimum Gasteiger partial charge on any atom is -0.493 e. The van der Waals surface area contributed by atoms with Crippen molar-refractivity contribution in [3.63, 3.8) is 0 Å². The summed E-state index contributed by atoms with van der Waals surface area (Å²) in [6.07, 6.45) is 0.596. The number of methoxy groups -OCH3 is 1. The van der Waals surface area contributed by atoms with E-state index < -0.39 is 17.6 Å². The van der Waals surface area contributed by atoms with E-state index in [1.165, 1.54) is 43.5 Å². The lowest BCUT2D eigenvalue weighted by atomic mass is 10.0. The van der Waals surface area contributed by atoms with Crippen molar-refractivity contribution in [2.75, 3.05) is 13.7 Å². The summed E-state index contributed by atoms with van der Waals surface area (Å²) in [4.78, 5) is 11.0. The van der Waals surface area contributed by atoms with Gasteiger partial charge >= 0.3 is 5.97 Å². The molecule has 31 heavy (non-hydrogen) atoms. The van der Waals surface area contributed by atoms with Crippen molar-refractivity contribution < 1.29 is 32.9 Å². The number of hydrogen-bond donors (Lipinski definition) is 1. The van der Waals surface area contributed by atoms with Crippen LogP contribution in [0.1, 0.15) is 6.42 Å². The number of benzene rings is 3. The third kappa shape index (κ3) is 4.77. The maximum Gasteiger partial charge on any atom is 0.306 e. The third-order valence-corrected chi connectivity index (χ3v) is 5.14. The van der Waals surface area contributed by atoms with E-state index in [0.717, 1.165) is 0 Å². The van der Waals surface area contributed by atoms with E-state index in [0.29, 0.717) is 35.0 Å². The molecular formula is C24H20F2O5. The summed E-state index contributed by atoms with van der Waals surface area (Å²) in [7, 11) is 1.48. The van der Waals surface area contributed by atoms with Crippen LogP contribution < -0.4 is 14.2 Å². The predicted octanol–water partition coefficient (Wildman–Crippen LogP) is 5.53. The lowest BCUT2D eigenvalue weighted by molar-refractivity contribution is -0.138. The summed E-state index contributed by atoms with van der Waals surface area (Å²) >= 11 is 0. The number of rotatable bonds is 8. The molecule has 0 amide bonds. The van der Waals surface area contributed by atoms with Crippen molar-refractivity contribution in [1.82, 2.24) is 0 Å². The molecule has 1 aliphatic rings. The van der Waals surface area contributed by atoms with Gasteiger partial charge in [-0.2, -0.15) is 0 Å². The molecule has 1 saturated carbocycles. The Balaban J connectivity index is 1.53. The molecule has 2 unspecified atom stereocenters. The number of halogens is 2. The highest BCUT2D eigenvalue weighted by molar-refractivity contribution is 5.73. The van der Waals surface area contributed by atoms with E-state index in [1.54, 1.807) is 24.3 Å². The fourth-order valence-corrected chi connectivity index (χ4v) is 3.34. The highest BCUT2D eigenvalue weighted by Gasteiger charge is 2.43. The van der Waals surface area contributed by atoms with Crippen LogP contribution in [0.25, 0.3) is 11.1 Å². The summed E-state index contributed by atoms with van der Waals surface area (Å²) < 4.78 is 44.7. The van der Waals surface area contributed by atoms with Gasteiger partial charge in [-0.05, 0) is 54.4 Å². The van der Waals surface area contributed by atoms with Gasteiger partial charge in [0.1, 0.15) is 23.1 Å². The van der Waals surface area contributed by atoms with Crippen LogP contribution in [0.5, 0.6) is 23.0 Å². The molecule has 2 atom stereocenters. The third-order valence-electron chi connectivity index (χ3n) is 5.14. The lowest BCUT2D eigenvalue weighted by Crippen LogP contribution is -2.07. The largest absolute Gasteiger partial charge is 0.493 e. The number of carbonyl (C=O) groups is 1. The summed E-state index contributed by atoms with van der Waals surface area (Å²) in [6.45, 7) is 0.276. The Morgan fingerprint density at radius 1 is 1.03 bits per heavy atom. The molecule has 1 fully saturated rings. The first-order valence-electron chi connectivity index (χ1n) is 9.71. The number of carboxylic acid groups (broad SMARTS) is 1. The Hall–Kier alpha value is -3.61. The molecular weight excluding hydrogens is 406 g/mol. The Morgan fingerprint density at radius 3 is 2.55 bits per heavy atom. The van der Waals surface area contributed by atoms with Crippen LogP contribution in [0.3, 0.4) is 0 Å². The summed E-state index contributed by atoms with van der Waals surface area (Å²) in [5, 5.41) is 8.99. The zero-order valence-electron chi connectivity index (χ0n) is 16.7. The van der Waals surface area contributed by atoms with E-state index in [4.69, 9.17) is 19.3 Å². The fraction of sp³-hybridized carbons (Fsp3) is 0.208. The Bertz CT molecular complexity index is 1110. The lowest BCUT2D eigenvalue weighted by Gasteiger charge is -2.13. The normalized spacial score (nSPS) is 17.1. The first-order valence-corrected chi connectivity index (χ1v) is 9.71. The molecule has 7 heteroatoms. The highest BCUT2D eigenvalue weighted by Crippen LogP contribution is 2.41. The van der Waals surface area contributed by atoms with Crippen molar-refractivity contribution in [2.45, 2.75) is 6.42 Å². The second-order valence-electron chi connectivity index (χ2n) is 7.32. The predicted molar refractivity (Wildman–Crippen MR) is 110 cm³/mol. The molecule has 0 bridgehead atoms. The molecule has 0 aromatic heterocycles. The zero-order valence-corrected chi connectivity index (χ0v) is 16.7. The summed E-state index contributed by atoms with van der Waals surface area (Å²) in [5.74, 6) is -0.558. The molecule has 3 aromatic carbocycles. The van der Waals surface area contributed by atoms with E-state index in [9.17, 15) is 13.6 Å². The van der Waals surface area contributed by atoms with E-state index in [-0.39, 0.29) is 24.0 Å². The molecule has 160 valence electrons. The number of aliphatic carboxylic acids is 1. The smallest absolute Gasteiger partial charge is 0.306 e. The van der Waals surface area contributed by atoms with E-state index in [2.05, 4.69) is 0 Å². The summed E-state index contributed by atoms with van der Waals surface area (Å²) in [5.41, 5.74) is 0.827. The average Bonchev–Trinajstić information content (AvgIpc) is 3.54. The molecule has 1 N–H and O–H groups in total. The topological polar surface area (TPSA) is 65.0 Å². The Labute approximate surface area is 177 Å². The van der Waals surface area contributed by atoms with Crippen molar-refractivity contribution in [2.24, 2.45) is 11.8 Å². The van der Waals surface area contributed by atoms with Gasteiger partial charge in [0.2, 0.25) is 0 Å². The Morgan fingerprint density at radius 2 is 1.84 bits per heavy atom. The molecule has 4 rings (SSSR count). The van der Waals surface area contributed by atoms with Crippen molar-refractivity contribution in [3.05, 3.63) is 72.3 Å². The average molecular weight is 426 g/mol. The van der Waals surface area contributed by atoms with Gasteiger partial charge < -0.3 is 19.3 Å². The SMILES string of the molecule is COc1cc(-c2cc(Oc3cccc(F)c3)ccc2F)ccc1OCC1CC1C(=O)O. The number of carboxylic acids is 1. The van der Waals surface area contributed by atoms with Crippen LogP contribution in [0, 0.1) is 23.5 Å². The monoisotopic (exact) mass is 426 g/mol. The van der Waals surface area contributed by atoms with Crippen LogP contribution >= 0.6 is 0 Å². The van der Waals surface area contributed by atoms with Gasteiger partial charge in [0, 0.05) is 17.5 Å². The maximum atomic E-state index is 14.5. The molecule has 0 saturated heterocycles. The van der Waals surface area contributed by atoms with Crippen LogP contribution in [0.2, 0.25) is 0 Å². The van der Waals surface area contributed by atoms with Crippen LogP contribution in [0.4, 0.5) is 8.78 Å². The molecule has 0 heterocycles. The molecule has 5 nitrogen and oxygen atoms in total. The first kappa shape index (κ1) is 20.7. The minimum atomic E-state index is -0.813. The zero-order chi connectivity index (χ0) is 22.0. The van der Waals surface area contributed by atoms with Crippen molar-refractivity contribution in [1.29, 1.82) is 0 Å². The first-order chi connectivity index (χ1) is 14.9. The molecule has 0 spiro atoms. The van der Waals surface area contributed by atoms with Gasteiger partial charge in [0.15, 0.2) is 11.5 Å². The minimum absolute atomic E-state index is 0.0176. The van der Waals surface area contributed by atoms with Gasteiger partial charge in [0.05, 0.1) is 19.6 Å². The quantitative estimate of drug-likeness (QED) is 0.513. The van der Waals surface area contributed by atoms with Gasteiger partial charge in [-0.15, -0.1) is 0 Å². The number of hydrogen-bond acceptors (Lipinski definition) is 4. The van der Waals surface area contributed by atoms with Gasteiger partial charge in [-0.25, -0.2) is 8.78 Å². The van der Waals surface area contributed by atoms with E-state index >= 15 is 0 Å². The maximum absolute atomic E-state index is 14.5. The summed E-state index contributed by atoms with van der Waals surface area (Å²) in [6, 6.07) is 14.9. The van der Waals surface area contributed by atoms with E-state index in [1.807, 2.05) is 0 Å². The van der Waals surface area contributed by atoms with Crippen molar-refractivity contribution in [3.8, 4) is 34.1 Å². The van der Waals surface area contributed by atoms with Gasteiger partial charge in [-0.3, -0.25) is 4.79 Å². The molecule has 3 aromatic rings. The Kier molecular flexibility index (Phi) is 5.75. The molecule has 1 aliphatic carbocycles. The van der Waals surface area contributed by atoms with Gasteiger partial charge in [0.25, 0.3) is 0 Å². The highest BCUT2D eigenvalue weighted by atomic mass is 19.1. The second-order valence-corrected chi connectivity index (χ2v) is 7.32.